The maximum Gasteiger partial charge on any atom is 0.106 e. The van der Waals surface area contributed by atoms with Gasteiger partial charge >= 0.3 is 0 Å². The topological polar surface area (TPSA) is 37.7 Å². The molecule has 3 nitrogen and oxygen atoms in total. The normalized spacial score (nSPS) is 15.2. The molecule has 2 rings (SSSR count). The zero-order valence-electron chi connectivity index (χ0n) is 7.34. The van der Waals surface area contributed by atoms with E-state index in [1.54, 1.807) is 0 Å². The van der Waals surface area contributed by atoms with Gasteiger partial charge in [0.15, 0.2) is 0 Å². The van der Waals surface area contributed by atoms with Crippen LogP contribution < -0.4 is 0 Å². The quantitative estimate of drug-likeness (QED) is 0.646. The lowest BCUT2D eigenvalue weighted by Crippen LogP contribution is -2.06. The Hall–Kier alpha value is -0.830. The number of aryl methyl sites for hydroxylation is 2. The minimum absolute atomic E-state index is 0.0381. The highest BCUT2D eigenvalue weighted by Crippen LogP contribution is 2.22. The van der Waals surface area contributed by atoms with Crippen molar-refractivity contribution < 1.29 is 5.11 Å². The predicted octanol–water partition coefficient (Wildman–Crippen LogP) is 1.11. The van der Waals surface area contributed by atoms with E-state index >= 15 is 0 Å². The van der Waals surface area contributed by atoms with E-state index in [1.165, 1.54) is 17.8 Å². The van der Waals surface area contributed by atoms with Gasteiger partial charge in [0, 0.05) is 5.69 Å². The summed E-state index contributed by atoms with van der Waals surface area (Å²) in [6, 6.07) is 0. The van der Waals surface area contributed by atoms with E-state index in [0.29, 0.717) is 6.54 Å². The number of rotatable bonds is 2. The Balaban J connectivity index is 2.38. The minimum atomic E-state index is -0.0381. The van der Waals surface area contributed by atoms with Gasteiger partial charge in [-0.05, 0) is 26.2 Å². The molecule has 65 valence electrons. The monoisotopic (exact) mass is 165 g/mol. The fourth-order valence-electron chi connectivity index (χ4n) is 1.96. The number of imidazole rings is 1. The second-order valence-corrected chi connectivity index (χ2v) is 3.26. The zero-order chi connectivity index (χ0) is 8.55. The summed E-state index contributed by atoms with van der Waals surface area (Å²) in [4.78, 5) is 4.43. The highest BCUT2D eigenvalue weighted by atomic mass is 16.3. The third-order valence-corrected chi connectivity index (χ3v) is 2.49. The third-order valence-electron chi connectivity index (χ3n) is 2.49. The van der Waals surface area contributed by atoms with Crippen LogP contribution in [0.3, 0.4) is 0 Å². The van der Waals surface area contributed by atoms with Crippen molar-refractivity contribution in [3.05, 3.63) is 17.2 Å². The molecule has 1 heterocycles. The van der Waals surface area contributed by atoms with Gasteiger partial charge in [-0.3, -0.25) is 0 Å². The van der Waals surface area contributed by atoms with E-state index in [4.69, 9.17) is 0 Å². The fraction of sp³-hybridized carbons (Fsp3) is 0.667. The molecule has 1 aliphatic rings. The van der Waals surface area contributed by atoms with Gasteiger partial charge in [-0.2, -0.15) is 0 Å². The molecule has 0 amide bonds. The fourth-order valence-corrected chi connectivity index (χ4v) is 1.96. The number of fused-ring (bicyclic) bond motifs is 1. The Morgan fingerprint density at radius 3 is 3.08 bits per heavy atom. The second-order valence-electron chi connectivity index (χ2n) is 3.26. The van der Waals surface area contributed by atoms with Crippen LogP contribution in [-0.2, 0) is 24.5 Å². The molecule has 0 aliphatic heterocycles. The first-order valence-electron chi connectivity index (χ1n) is 4.46. The molecule has 0 saturated heterocycles. The SMILES string of the molecule is Cc1nc2c(n1CC[O])CCC2. The van der Waals surface area contributed by atoms with E-state index in [-0.39, 0.29) is 6.61 Å². The largest absolute Gasteiger partial charge is 0.330 e. The van der Waals surface area contributed by atoms with Crippen LogP contribution in [0.25, 0.3) is 0 Å². The van der Waals surface area contributed by atoms with Gasteiger partial charge < -0.3 is 4.57 Å². The summed E-state index contributed by atoms with van der Waals surface area (Å²) in [5, 5.41) is 10.5. The summed E-state index contributed by atoms with van der Waals surface area (Å²) in [6.45, 7) is 2.53. The molecular formula is C9H13N2O. The molecule has 0 atom stereocenters. The maximum absolute atomic E-state index is 10.5. The first-order valence-corrected chi connectivity index (χ1v) is 4.46. The Bertz CT molecular complexity index is 291. The minimum Gasteiger partial charge on any atom is -0.330 e. The predicted molar refractivity (Wildman–Crippen MR) is 44.5 cm³/mol. The van der Waals surface area contributed by atoms with Gasteiger partial charge in [0.2, 0.25) is 0 Å². The van der Waals surface area contributed by atoms with Crippen molar-refractivity contribution in [2.45, 2.75) is 32.7 Å². The van der Waals surface area contributed by atoms with Gasteiger partial charge in [-0.25, -0.2) is 10.1 Å². The second kappa shape index (κ2) is 2.90. The van der Waals surface area contributed by atoms with Crippen molar-refractivity contribution in [1.82, 2.24) is 9.55 Å². The Morgan fingerprint density at radius 1 is 1.50 bits per heavy atom. The van der Waals surface area contributed by atoms with Gasteiger partial charge in [0.1, 0.15) is 12.4 Å². The molecule has 3 heteroatoms. The van der Waals surface area contributed by atoms with Crippen LogP contribution in [0.15, 0.2) is 0 Å². The van der Waals surface area contributed by atoms with Gasteiger partial charge in [0.25, 0.3) is 0 Å². The molecule has 0 saturated carbocycles. The molecular weight excluding hydrogens is 152 g/mol. The molecule has 1 aromatic rings. The number of hydrogen-bond donors (Lipinski definition) is 0. The summed E-state index contributed by atoms with van der Waals surface area (Å²) < 4.78 is 2.08. The average molecular weight is 165 g/mol. The average Bonchev–Trinajstić information content (AvgIpc) is 2.56. The van der Waals surface area contributed by atoms with Crippen molar-refractivity contribution in [1.29, 1.82) is 0 Å². The van der Waals surface area contributed by atoms with E-state index in [0.717, 1.165) is 18.7 Å². The Morgan fingerprint density at radius 2 is 2.33 bits per heavy atom. The van der Waals surface area contributed by atoms with Gasteiger partial charge in [-0.1, -0.05) is 0 Å². The van der Waals surface area contributed by atoms with E-state index in [9.17, 15) is 5.11 Å². The third kappa shape index (κ3) is 1.05. The molecule has 0 aromatic carbocycles. The lowest BCUT2D eigenvalue weighted by atomic mass is 10.3. The van der Waals surface area contributed by atoms with Crippen LogP contribution in [0.2, 0.25) is 0 Å². The van der Waals surface area contributed by atoms with Crippen LogP contribution in [0, 0.1) is 6.92 Å². The molecule has 1 aromatic heterocycles. The molecule has 0 spiro atoms. The van der Waals surface area contributed by atoms with E-state index in [2.05, 4.69) is 9.55 Å². The van der Waals surface area contributed by atoms with Crippen LogP contribution in [0.4, 0.5) is 0 Å². The lowest BCUT2D eigenvalue weighted by molar-refractivity contribution is 0.179. The van der Waals surface area contributed by atoms with Gasteiger partial charge in [-0.15, -0.1) is 0 Å². The first-order chi connectivity index (χ1) is 5.83. The van der Waals surface area contributed by atoms with Crippen molar-refractivity contribution in [2.75, 3.05) is 6.61 Å². The summed E-state index contributed by atoms with van der Waals surface area (Å²) in [6.07, 6.45) is 3.41. The molecule has 1 aliphatic carbocycles. The highest BCUT2D eigenvalue weighted by molar-refractivity contribution is 5.21. The maximum atomic E-state index is 10.5. The molecule has 0 bridgehead atoms. The molecule has 0 unspecified atom stereocenters. The Kier molecular flexibility index (Phi) is 1.89. The zero-order valence-corrected chi connectivity index (χ0v) is 7.34. The van der Waals surface area contributed by atoms with Crippen molar-refractivity contribution >= 4 is 0 Å². The van der Waals surface area contributed by atoms with E-state index in [1.807, 2.05) is 6.92 Å². The molecule has 0 N–H and O–H groups in total. The van der Waals surface area contributed by atoms with Crippen LogP contribution in [0.5, 0.6) is 0 Å². The van der Waals surface area contributed by atoms with Crippen LogP contribution in [-0.4, -0.2) is 16.2 Å². The van der Waals surface area contributed by atoms with E-state index < -0.39 is 0 Å². The van der Waals surface area contributed by atoms with Crippen molar-refractivity contribution in [3.8, 4) is 0 Å². The summed E-state index contributed by atoms with van der Waals surface area (Å²) >= 11 is 0. The first kappa shape index (κ1) is 7.80. The summed E-state index contributed by atoms with van der Waals surface area (Å²) in [5.74, 6) is 1.01. The molecule has 0 fully saturated rings. The Labute approximate surface area is 72.0 Å². The van der Waals surface area contributed by atoms with Crippen molar-refractivity contribution in [3.63, 3.8) is 0 Å². The molecule has 12 heavy (non-hydrogen) atoms. The summed E-state index contributed by atoms with van der Waals surface area (Å²) in [5.41, 5.74) is 2.53. The van der Waals surface area contributed by atoms with Crippen LogP contribution in [0.1, 0.15) is 23.6 Å². The highest BCUT2D eigenvalue weighted by Gasteiger charge is 2.18. The number of aromatic nitrogens is 2. The lowest BCUT2D eigenvalue weighted by Gasteiger charge is -2.04. The summed E-state index contributed by atoms with van der Waals surface area (Å²) in [7, 11) is 0. The molecule has 1 radical (unpaired) electrons. The number of hydrogen-bond acceptors (Lipinski definition) is 1. The number of nitrogens with zero attached hydrogens (tertiary/aromatic N) is 2. The smallest absolute Gasteiger partial charge is 0.106 e. The van der Waals surface area contributed by atoms with Gasteiger partial charge in [0.05, 0.1) is 12.2 Å². The van der Waals surface area contributed by atoms with Crippen LogP contribution >= 0.6 is 0 Å². The van der Waals surface area contributed by atoms with Crippen molar-refractivity contribution in [2.24, 2.45) is 0 Å². The standard InChI is InChI=1S/C9H13N2O/c1-7-10-8-3-2-4-9(8)11(7)5-6-12/h2-6H2,1H3.